The summed E-state index contributed by atoms with van der Waals surface area (Å²) in [4.78, 5) is 12.4. The Hall–Kier alpha value is -2.44. The maximum atomic E-state index is 12.5. The highest BCUT2D eigenvalue weighted by Gasteiger charge is 2.31. The maximum Gasteiger partial charge on any atom is 0.314 e. The Morgan fingerprint density at radius 1 is 1.04 bits per heavy atom. The minimum atomic E-state index is -3.50. The molecule has 27 heavy (non-hydrogen) atoms. The second kappa shape index (κ2) is 8.50. The lowest BCUT2D eigenvalue weighted by Gasteiger charge is -2.29. The van der Waals surface area contributed by atoms with E-state index < -0.39 is 10.0 Å². The molecule has 0 radical (unpaired) electrons. The van der Waals surface area contributed by atoms with Gasteiger partial charge in [-0.1, -0.05) is 48.5 Å². The summed E-state index contributed by atoms with van der Waals surface area (Å²) in [7, 11) is -3.50. The van der Waals surface area contributed by atoms with Crippen molar-refractivity contribution in [2.45, 2.75) is 19.8 Å². The molecule has 0 aromatic heterocycles. The standard InChI is InChI=1S/C21H23NO4S/c1-17-7-5-6-10-20(17)26-21(23)19-11-14-22(15-12-19)27(24,25)16-13-18-8-3-2-4-9-18/h2-10,13,16,19H,11-12,14-15H2,1H3/b16-13+. The Balaban J connectivity index is 1.57. The molecule has 2 aromatic carbocycles. The lowest BCUT2D eigenvalue weighted by molar-refractivity contribution is -0.140. The summed E-state index contributed by atoms with van der Waals surface area (Å²) in [5, 5.41) is 1.23. The number of para-hydroxylation sites is 1. The van der Waals surface area contributed by atoms with Gasteiger partial charge in [0.25, 0.3) is 0 Å². The summed E-state index contributed by atoms with van der Waals surface area (Å²) in [6, 6.07) is 16.7. The molecule has 1 heterocycles. The van der Waals surface area contributed by atoms with E-state index in [1.807, 2.05) is 55.5 Å². The normalized spacial score (nSPS) is 16.5. The fourth-order valence-electron chi connectivity index (χ4n) is 3.02. The van der Waals surface area contributed by atoms with E-state index in [4.69, 9.17) is 4.74 Å². The van der Waals surface area contributed by atoms with Gasteiger partial charge in [-0.3, -0.25) is 4.79 Å². The zero-order chi connectivity index (χ0) is 19.3. The lowest BCUT2D eigenvalue weighted by atomic mass is 9.98. The Morgan fingerprint density at radius 2 is 1.67 bits per heavy atom. The molecule has 5 nitrogen and oxygen atoms in total. The molecule has 0 unspecified atom stereocenters. The number of aryl methyl sites for hydroxylation is 1. The van der Waals surface area contributed by atoms with Crippen LogP contribution in [0.15, 0.2) is 60.0 Å². The van der Waals surface area contributed by atoms with Gasteiger partial charge in [0.2, 0.25) is 10.0 Å². The fraction of sp³-hybridized carbons (Fsp3) is 0.286. The van der Waals surface area contributed by atoms with Gasteiger partial charge >= 0.3 is 5.97 Å². The van der Waals surface area contributed by atoms with Gasteiger partial charge in [0.1, 0.15) is 5.75 Å². The first-order valence-electron chi connectivity index (χ1n) is 8.96. The number of ether oxygens (including phenoxy) is 1. The fourth-order valence-corrected chi connectivity index (χ4v) is 4.24. The first kappa shape index (κ1) is 19.3. The van der Waals surface area contributed by atoms with Crippen molar-refractivity contribution < 1.29 is 17.9 Å². The number of hydrogen-bond donors (Lipinski definition) is 0. The van der Waals surface area contributed by atoms with Gasteiger partial charge in [0.05, 0.1) is 5.92 Å². The first-order valence-corrected chi connectivity index (χ1v) is 10.5. The molecule has 3 rings (SSSR count). The number of sulfonamides is 1. The van der Waals surface area contributed by atoms with E-state index in [2.05, 4.69) is 0 Å². The van der Waals surface area contributed by atoms with Gasteiger partial charge < -0.3 is 4.74 Å². The molecule has 0 N–H and O–H groups in total. The molecule has 6 heteroatoms. The molecule has 142 valence electrons. The van der Waals surface area contributed by atoms with Gasteiger partial charge in [0.15, 0.2) is 0 Å². The molecule has 0 bridgehead atoms. The van der Waals surface area contributed by atoms with Gasteiger partial charge in [0, 0.05) is 18.5 Å². The van der Waals surface area contributed by atoms with Crippen molar-refractivity contribution in [3.63, 3.8) is 0 Å². The number of hydrogen-bond acceptors (Lipinski definition) is 4. The molecular formula is C21H23NO4S. The highest BCUT2D eigenvalue weighted by molar-refractivity contribution is 7.92. The van der Waals surface area contributed by atoms with Crippen molar-refractivity contribution >= 4 is 22.1 Å². The molecule has 0 amide bonds. The average molecular weight is 385 g/mol. The molecule has 0 spiro atoms. The van der Waals surface area contributed by atoms with Crippen LogP contribution in [0.4, 0.5) is 0 Å². The average Bonchev–Trinajstić information content (AvgIpc) is 2.69. The first-order chi connectivity index (χ1) is 13.0. The molecular weight excluding hydrogens is 362 g/mol. The van der Waals surface area contributed by atoms with E-state index >= 15 is 0 Å². The summed E-state index contributed by atoms with van der Waals surface area (Å²) in [5.41, 5.74) is 1.73. The second-order valence-electron chi connectivity index (χ2n) is 6.62. The van der Waals surface area contributed by atoms with Crippen LogP contribution in [-0.4, -0.2) is 31.8 Å². The summed E-state index contributed by atoms with van der Waals surface area (Å²) in [5.74, 6) is -0.0151. The topological polar surface area (TPSA) is 63.7 Å². The summed E-state index contributed by atoms with van der Waals surface area (Å²) in [6.07, 6.45) is 2.51. The predicted molar refractivity (Wildman–Crippen MR) is 106 cm³/mol. The van der Waals surface area contributed by atoms with E-state index in [1.54, 1.807) is 12.1 Å². The van der Waals surface area contributed by atoms with Crippen LogP contribution in [0.1, 0.15) is 24.0 Å². The van der Waals surface area contributed by atoms with E-state index in [0.29, 0.717) is 31.7 Å². The molecule has 0 aliphatic carbocycles. The Bertz CT molecular complexity index is 914. The van der Waals surface area contributed by atoms with E-state index in [0.717, 1.165) is 11.1 Å². The van der Waals surface area contributed by atoms with Crippen LogP contribution < -0.4 is 4.74 Å². The van der Waals surface area contributed by atoms with Crippen LogP contribution in [0.5, 0.6) is 5.75 Å². The van der Waals surface area contributed by atoms with E-state index in [1.165, 1.54) is 9.71 Å². The Labute approximate surface area is 160 Å². The SMILES string of the molecule is Cc1ccccc1OC(=O)C1CCN(S(=O)(=O)/C=C/c2ccccc2)CC1. The third kappa shape index (κ3) is 5.05. The Kier molecular flexibility index (Phi) is 6.08. The van der Waals surface area contributed by atoms with Gasteiger partial charge in [-0.15, -0.1) is 0 Å². The summed E-state index contributed by atoms with van der Waals surface area (Å²) >= 11 is 0. The van der Waals surface area contributed by atoms with Crippen molar-refractivity contribution in [3.05, 3.63) is 71.1 Å². The minimum Gasteiger partial charge on any atom is -0.426 e. The van der Waals surface area contributed by atoms with Gasteiger partial charge in [-0.2, -0.15) is 4.31 Å². The number of esters is 1. The van der Waals surface area contributed by atoms with E-state index in [9.17, 15) is 13.2 Å². The molecule has 1 aliphatic rings. The highest BCUT2D eigenvalue weighted by atomic mass is 32.2. The number of carbonyl (C=O) groups is 1. The van der Waals surface area contributed by atoms with Crippen molar-refractivity contribution in [1.29, 1.82) is 0 Å². The van der Waals surface area contributed by atoms with E-state index in [-0.39, 0.29) is 11.9 Å². The second-order valence-corrected chi connectivity index (χ2v) is 8.44. The third-order valence-electron chi connectivity index (χ3n) is 4.68. The largest absolute Gasteiger partial charge is 0.426 e. The van der Waals surface area contributed by atoms with Crippen LogP contribution in [0.2, 0.25) is 0 Å². The molecule has 0 saturated carbocycles. The van der Waals surface area contributed by atoms with Crippen molar-refractivity contribution in [2.75, 3.05) is 13.1 Å². The van der Waals surface area contributed by atoms with Crippen LogP contribution >= 0.6 is 0 Å². The highest BCUT2D eigenvalue weighted by Crippen LogP contribution is 2.24. The summed E-state index contributed by atoms with van der Waals surface area (Å²) < 4.78 is 31.9. The third-order valence-corrected chi connectivity index (χ3v) is 6.25. The lowest BCUT2D eigenvalue weighted by Crippen LogP contribution is -2.40. The molecule has 1 saturated heterocycles. The van der Waals surface area contributed by atoms with Crippen molar-refractivity contribution in [1.82, 2.24) is 4.31 Å². The molecule has 1 fully saturated rings. The minimum absolute atomic E-state index is 0.283. The smallest absolute Gasteiger partial charge is 0.314 e. The van der Waals surface area contributed by atoms with Gasteiger partial charge in [-0.25, -0.2) is 8.42 Å². The summed E-state index contributed by atoms with van der Waals surface area (Å²) in [6.45, 7) is 2.51. The number of rotatable bonds is 5. The molecule has 0 atom stereocenters. The van der Waals surface area contributed by atoms with Crippen molar-refractivity contribution in [3.8, 4) is 5.75 Å². The number of benzene rings is 2. The van der Waals surface area contributed by atoms with Gasteiger partial charge in [-0.05, 0) is 43.0 Å². The maximum absolute atomic E-state index is 12.5. The van der Waals surface area contributed by atoms with Crippen LogP contribution in [-0.2, 0) is 14.8 Å². The number of carbonyl (C=O) groups excluding carboxylic acids is 1. The predicted octanol–water partition coefficient (Wildman–Crippen LogP) is 3.61. The molecule has 2 aromatic rings. The Morgan fingerprint density at radius 3 is 2.33 bits per heavy atom. The van der Waals surface area contributed by atoms with Crippen LogP contribution in [0.25, 0.3) is 6.08 Å². The quantitative estimate of drug-likeness (QED) is 0.583. The van der Waals surface area contributed by atoms with Crippen LogP contribution in [0.3, 0.4) is 0 Å². The van der Waals surface area contributed by atoms with Crippen molar-refractivity contribution in [2.24, 2.45) is 5.92 Å². The zero-order valence-electron chi connectivity index (χ0n) is 15.2. The van der Waals surface area contributed by atoms with Crippen LogP contribution in [0, 0.1) is 12.8 Å². The molecule has 1 aliphatic heterocycles. The number of nitrogens with zero attached hydrogens (tertiary/aromatic N) is 1. The zero-order valence-corrected chi connectivity index (χ0v) is 16.1. The number of piperidine rings is 1. The monoisotopic (exact) mass is 385 g/mol.